The number of fused-ring (bicyclic) bond motifs is 5. The van der Waals surface area contributed by atoms with E-state index in [2.05, 4.69) is 55.4 Å². The molecule has 4 aliphatic carbocycles. The molecule has 4 rings (SSSR count). The number of carbonyl (C=O) groups is 2. The molecule has 4 aliphatic rings. The summed E-state index contributed by atoms with van der Waals surface area (Å²) in [5.74, 6) is 2.26. The zero-order valence-corrected chi connectivity index (χ0v) is 28.2. The van der Waals surface area contributed by atoms with E-state index in [-0.39, 0.29) is 46.1 Å². The van der Waals surface area contributed by atoms with Crippen LogP contribution in [0, 0.1) is 51.8 Å². The number of hydrogen-bond acceptors (Lipinski definition) is 5. The average Bonchev–Trinajstić information content (AvgIpc) is 3.27. The molecule has 0 spiro atoms. The summed E-state index contributed by atoms with van der Waals surface area (Å²) in [6.07, 6.45) is 7.51. The molecule has 0 aromatic rings. The van der Waals surface area contributed by atoms with Crippen molar-refractivity contribution >= 4 is 20.1 Å². The van der Waals surface area contributed by atoms with Gasteiger partial charge in [0.1, 0.15) is 5.78 Å². The van der Waals surface area contributed by atoms with Crippen molar-refractivity contribution < 1.29 is 23.9 Å². The van der Waals surface area contributed by atoms with Crippen LogP contribution in [0.3, 0.4) is 0 Å². The van der Waals surface area contributed by atoms with Crippen LogP contribution in [0.1, 0.15) is 113 Å². The second-order valence-corrected chi connectivity index (χ2v) is 19.9. The first kappa shape index (κ1) is 32.2. The molecule has 0 amide bonds. The summed E-state index contributed by atoms with van der Waals surface area (Å²) >= 11 is 0. The number of aliphatic hydroxyl groups is 1. The third-order valence-corrected chi connectivity index (χ3v) is 18.7. The van der Waals surface area contributed by atoms with Gasteiger partial charge in [-0.1, -0.05) is 61.8 Å². The van der Waals surface area contributed by atoms with Gasteiger partial charge in [-0.05, 0) is 102 Å². The van der Waals surface area contributed by atoms with Gasteiger partial charge in [0.25, 0.3) is 0 Å². The number of methoxy groups -OCH3 is 1. The molecule has 0 radical (unpaired) electrons. The van der Waals surface area contributed by atoms with Crippen LogP contribution in [0.4, 0.5) is 0 Å². The van der Waals surface area contributed by atoms with E-state index in [0.29, 0.717) is 42.8 Å². The van der Waals surface area contributed by atoms with Crippen molar-refractivity contribution in [2.45, 2.75) is 144 Å². The highest BCUT2D eigenvalue weighted by Crippen LogP contribution is 2.73. The summed E-state index contributed by atoms with van der Waals surface area (Å²) in [6.45, 7) is 18.9. The van der Waals surface area contributed by atoms with E-state index in [1.165, 1.54) is 7.11 Å². The van der Waals surface area contributed by atoms with Gasteiger partial charge in [-0.15, -0.1) is 0 Å². The van der Waals surface area contributed by atoms with Crippen molar-refractivity contribution in [2.24, 2.45) is 51.8 Å². The third kappa shape index (κ3) is 4.88. The minimum absolute atomic E-state index is 0.0264. The Kier molecular flexibility index (Phi) is 9.46. The fraction of sp³-hybridized carbons (Fsp3) is 0.941. The monoisotopic (exact) mass is 576 g/mol. The van der Waals surface area contributed by atoms with Crippen molar-refractivity contribution in [3.63, 3.8) is 0 Å². The zero-order valence-electron chi connectivity index (χ0n) is 27.2. The van der Waals surface area contributed by atoms with Gasteiger partial charge < -0.3 is 14.3 Å². The molecule has 4 saturated carbocycles. The highest BCUT2D eigenvalue weighted by Gasteiger charge is 2.71. The van der Waals surface area contributed by atoms with Gasteiger partial charge in [0.15, 0.2) is 8.32 Å². The van der Waals surface area contributed by atoms with Crippen LogP contribution in [-0.4, -0.2) is 44.5 Å². The van der Waals surface area contributed by atoms with Gasteiger partial charge in [0.2, 0.25) is 0 Å². The van der Waals surface area contributed by atoms with Crippen LogP contribution < -0.4 is 0 Å². The second-order valence-electron chi connectivity index (χ2n) is 15.2. The van der Waals surface area contributed by atoms with E-state index >= 15 is 0 Å². The molecule has 230 valence electrons. The Balaban J connectivity index is 1.81. The fourth-order valence-electron chi connectivity index (χ4n) is 11.4. The van der Waals surface area contributed by atoms with Crippen molar-refractivity contribution in [2.75, 3.05) is 7.11 Å². The summed E-state index contributed by atoms with van der Waals surface area (Å²) in [7, 11) is -0.444. The predicted molar refractivity (Wildman–Crippen MR) is 163 cm³/mol. The van der Waals surface area contributed by atoms with Gasteiger partial charge in [0.05, 0.1) is 13.2 Å². The Morgan fingerprint density at radius 3 is 2.30 bits per heavy atom. The standard InChI is InChI=1S/C34H60O5Si/c1-10-24-31(37)29-26-16-15-25(22(5)14-17-28(36)38-9)32(26,6)21-27(39-40(11-2,12-3)13-4)30(29)33(7)19-18-23(35)20-34(24,33)8/h22,24-27,29-31,37H,10-21H2,1-9H3/t22-,24-,25-,26?,27?,29?,30?,31-,32-,33-,34+/m1/s1. The molecular weight excluding hydrogens is 516 g/mol. The largest absolute Gasteiger partial charge is 0.469 e. The van der Waals surface area contributed by atoms with E-state index in [0.717, 1.165) is 56.7 Å². The molecule has 11 atom stereocenters. The average molecular weight is 577 g/mol. The van der Waals surface area contributed by atoms with Crippen molar-refractivity contribution in [3.05, 3.63) is 0 Å². The van der Waals surface area contributed by atoms with E-state index in [1.54, 1.807) is 0 Å². The Morgan fingerprint density at radius 2 is 1.73 bits per heavy atom. The lowest BCUT2D eigenvalue weighted by Crippen LogP contribution is -2.70. The number of rotatable bonds is 10. The van der Waals surface area contributed by atoms with Crippen LogP contribution in [0.15, 0.2) is 0 Å². The van der Waals surface area contributed by atoms with Gasteiger partial charge in [-0.2, -0.15) is 0 Å². The van der Waals surface area contributed by atoms with Gasteiger partial charge in [-0.3, -0.25) is 9.59 Å². The normalized spacial score (nSPS) is 44.0. The van der Waals surface area contributed by atoms with E-state index in [9.17, 15) is 14.7 Å². The minimum Gasteiger partial charge on any atom is -0.469 e. The molecule has 6 heteroatoms. The first-order chi connectivity index (χ1) is 18.8. The molecule has 40 heavy (non-hydrogen) atoms. The molecular formula is C34H60O5Si. The summed E-state index contributed by atoms with van der Waals surface area (Å²) in [4.78, 5) is 25.0. The minimum atomic E-state index is -1.93. The lowest BCUT2D eigenvalue weighted by molar-refractivity contribution is -0.254. The Morgan fingerprint density at radius 1 is 1.07 bits per heavy atom. The van der Waals surface area contributed by atoms with Crippen LogP contribution in [-0.2, 0) is 18.8 Å². The maximum atomic E-state index is 13.0. The van der Waals surface area contributed by atoms with Gasteiger partial charge >= 0.3 is 5.97 Å². The number of ether oxygens (including phenoxy) is 1. The lowest BCUT2D eigenvalue weighted by atomic mass is 9.36. The fourth-order valence-corrected chi connectivity index (χ4v) is 14.3. The molecule has 5 nitrogen and oxygen atoms in total. The zero-order chi connectivity index (χ0) is 29.7. The highest BCUT2D eigenvalue weighted by atomic mass is 28.4. The third-order valence-electron chi connectivity index (χ3n) is 14.0. The Hall–Kier alpha value is -0.723. The van der Waals surface area contributed by atoms with Gasteiger partial charge in [0, 0.05) is 25.4 Å². The predicted octanol–water partition coefficient (Wildman–Crippen LogP) is 7.80. The van der Waals surface area contributed by atoms with Crippen molar-refractivity contribution in [3.8, 4) is 0 Å². The quantitative estimate of drug-likeness (QED) is 0.212. The second kappa shape index (κ2) is 11.8. The molecule has 0 heterocycles. The SMILES string of the molecule is CC[C@@H]1[C@@H](O)C2C3CC[C@H]([C@H](C)CCC(=O)OC)[C@@]3(C)CC(O[Si](CC)(CC)CC)C2[C@@]2(C)CCC(=O)C[C@@]12C. The summed E-state index contributed by atoms with van der Waals surface area (Å²) in [5, 5.41) is 12.4. The first-order valence-electron chi connectivity index (χ1n) is 16.8. The first-order valence-corrected chi connectivity index (χ1v) is 19.3. The molecule has 4 fully saturated rings. The maximum Gasteiger partial charge on any atom is 0.305 e. The number of Topliss-reactive ketones (excluding diaryl/α,β-unsaturated/α-hetero) is 1. The van der Waals surface area contributed by atoms with E-state index in [1.807, 2.05) is 0 Å². The number of carbonyl (C=O) groups excluding carboxylic acids is 2. The summed E-state index contributed by atoms with van der Waals surface area (Å²) in [6, 6.07) is 3.37. The highest BCUT2D eigenvalue weighted by molar-refractivity contribution is 6.73. The molecule has 0 saturated heterocycles. The molecule has 0 bridgehead atoms. The van der Waals surface area contributed by atoms with Gasteiger partial charge in [-0.25, -0.2) is 0 Å². The molecule has 0 aromatic carbocycles. The lowest BCUT2D eigenvalue weighted by Gasteiger charge is -2.70. The van der Waals surface area contributed by atoms with Crippen molar-refractivity contribution in [1.29, 1.82) is 0 Å². The summed E-state index contributed by atoms with van der Waals surface area (Å²) < 4.78 is 12.6. The number of aliphatic hydroxyl groups excluding tert-OH is 1. The Bertz CT molecular complexity index is 925. The Labute approximate surface area is 246 Å². The maximum absolute atomic E-state index is 13.0. The van der Waals surface area contributed by atoms with Crippen molar-refractivity contribution in [1.82, 2.24) is 0 Å². The molecule has 0 aliphatic heterocycles. The smallest absolute Gasteiger partial charge is 0.305 e. The van der Waals surface area contributed by atoms with E-state index in [4.69, 9.17) is 9.16 Å². The number of ketones is 1. The number of esters is 1. The van der Waals surface area contributed by atoms with Crippen LogP contribution >= 0.6 is 0 Å². The van der Waals surface area contributed by atoms with Crippen LogP contribution in [0.25, 0.3) is 0 Å². The molecule has 1 N–H and O–H groups in total. The van der Waals surface area contributed by atoms with Crippen LogP contribution in [0.5, 0.6) is 0 Å². The van der Waals surface area contributed by atoms with Crippen LogP contribution in [0.2, 0.25) is 18.1 Å². The molecule has 4 unspecified atom stereocenters. The number of hydrogen-bond donors (Lipinski definition) is 1. The van der Waals surface area contributed by atoms with E-state index < -0.39 is 14.4 Å². The topological polar surface area (TPSA) is 72.8 Å². The summed E-state index contributed by atoms with van der Waals surface area (Å²) in [5.41, 5.74) is -0.153. The molecule has 0 aromatic heterocycles.